The van der Waals surface area contributed by atoms with Crippen molar-refractivity contribution in [1.82, 2.24) is 4.90 Å². The van der Waals surface area contributed by atoms with Gasteiger partial charge >= 0.3 is 0 Å². The number of para-hydroxylation sites is 1. The third kappa shape index (κ3) is 6.08. The number of carbonyl (C=O) groups excluding carboxylic acids is 3. The van der Waals surface area contributed by atoms with Crippen molar-refractivity contribution in [3.8, 4) is 5.75 Å². The molecular formula is C25H18BrClN2O4S. The van der Waals surface area contributed by atoms with Gasteiger partial charge < -0.3 is 10.1 Å². The molecular weight excluding hydrogens is 540 g/mol. The van der Waals surface area contributed by atoms with E-state index in [4.69, 9.17) is 16.3 Å². The fraction of sp³-hybridized carbons (Fsp3) is 0.0800. The van der Waals surface area contributed by atoms with E-state index in [1.807, 2.05) is 24.3 Å². The Kier molecular flexibility index (Phi) is 7.72. The maximum Gasteiger partial charge on any atom is 0.293 e. The number of nitrogens with zero attached hydrogens (tertiary/aromatic N) is 1. The predicted molar refractivity (Wildman–Crippen MR) is 138 cm³/mol. The monoisotopic (exact) mass is 556 g/mol. The molecule has 3 amide bonds. The highest BCUT2D eigenvalue weighted by Gasteiger charge is 2.35. The van der Waals surface area contributed by atoms with Gasteiger partial charge in [-0.1, -0.05) is 48.0 Å². The number of hydrogen-bond acceptors (Lipinski definition) is 5. The molecule has 0 unspecified atom stereocenters. The highest BCUT2D eigenvalue weighted by atomic mass is 79.9. The van der Waals surface area contributed by atoms with Crippen LogP contribution in [-0.2, 0) is 16.1 Å². The van der Waals surface area contributed by atoms with Crippen molar-refractivity contribution in [2.24, 2.45) is 0 Å². The summed E-state index contributed by atoms with van der Waals surface area (Å²) in [6.07, 6.45) is 1.65. The lowest BCUT2D eigenvalue weighted by Crippen LogP contribution is -2.27. The van der Waals surface area contributed by atoms with Crippen LogP contribution in [0.15, 0.2) is 82.2 Å². The molecule has 1 heterocycles. The molecule has 172 valence electrons. The Morgan fingerprint density at radius 3 is 2.59 bits per heavy atom. The standard InChI is InChI=1S/C25H18BrClN2O4S/c26-20-12-16(9-10-21(20)33-15-23(30)28-19-7-2-1-3-8-19)13-22-24(31)29(25(32)34-22)14-17-5-4-6-18(27)11-17/h1-13H,14-15H2,(H,28,30)/b22-13-. The number of nitrogens with one attached hydrogen (secondary N) is 1. The fourth-order valence-corrected chi connectivity index (χ4v) is 4.75. The minimum absolute atomic E-state index is 0.157. The first kappa shape index (κ1) is 24.1. The van der Waals surface area contributed by atoms with E-state index in [2.05, 4.69) is 21.2 Å². The normalized spacial score (nSPS) is 14.5. The summed E-state index contributed by atoms with van der Waals surface area (Å²) in [7, 11) is 0. The van der Waals surface area contributed by atoms with Crippen LogP contribution in [0.25, 0.3) is 6.08 Å². The number of thioether (sulfide) groups is 1. The molecule has 1 N–H and O–H groups in total. The number of imide groups is 1. The van der Waals surface area contributed by atoms with E-state index in [-0.39, 0.29) is 30.2 Å². The van der Waals surface area contributed by atoms with Gasteiger partial charge in [-0.3, -0.25) is 19.3 Å². The second-order valence-corrected chi connectivity index (χ2v) is 9.57. The third-order valence-electron chi connectivity index (χ3n) is 4.77. The molecule has 1 saturated heterocycles. The molecule has 0 radical (unpaired) electrons. The first-order chi connectivity index (χ1) is 16.4. The first-order valence-electron chi connectivity index (χ1n) is 10.2. The molecule has 0 bridgehead atoms. The van der Waals surface area contributed by atoms with Crippen molar-refractivity contribution in [3.63, 3.8) is 0 Å². The number of anilines is 1. The lowest BCUT2D eigenvalue weighted by atomic mass is 10.2. The van der Waals surface area contributed by atoms with Gasteiger partial charge in [-0.05, 0) is 81.3 Å². The van der Waals surface area contributed by atoms with E-state index < -0.39 is 0 Å². The van der Waals surface area contributed by atoms with Gasteiger partial charge in [-0.25, -0.2) is 0 Å². The van der Waals surface area contributed by atoms with Gasteiger partial charge in [0.25, 0.3) is 17.1 Å². The van der Waals surface area contributed by atoms with Crippen LogP contribution in [0.4, 0.5) is 10.5 Å². The van der Waals surface area contributed by atoms with Gasteiger partial charge in [0.05, 0.1) is 15.9 Å². The Balaban J connectivity index is 1.39. The van der Waals surface area contributed by atoms with Crippen molar-refractivity contribution >= 4 is 68.1 Å². The van der Waals surface area contributed by atoms with Gasteiger partial charge in [0, 0.05) is 10.7 Å². The van der Waals surface area contributed by atoms with Gasteiger partial charge in [0.15, 0.2) is 6.61 Å². The highest BCUT2D eigenvalue weighted by molar-refractivity contribution is 9.10. The van der Waals surface area contributed by atoms with Crippen LogP contribution in [0.5, 0.6) is 5.75 Å². The van der Waals surface area contributed by atoms with Gasteiger partial charge in [-0.2, -0.15) is 0 Å². The summed E-state index contributed by atoms with van der Waals surface area (Å²) in [5.74, 6) is -0.158. The summed E-state index contributed by atoms with van der Waals surface area (Å²) in [4.78, 5) is 38.8. The average molecular weight is 558 g/mol. The Morgan fingerprint density at radius 2 is 1.85 bits per heavy atom. The van der Waals surface area contributed by atoms with Crippen LogP contribution in [0.3, 0.4) is 0 Å². The predicted octanol–water partition coefficient (Wildman–Crippen LogP) is 6.36. The van der Waals surface area contributed by atoms with Gasteiger partial charge in [0.2, 0.25) is 0 Å². The molecule has 9 heteroatoms. The van der Waals surface area contributed by atoms with E-state index in [1.54, 1.807) is 54.6 Å². The Labute approximate surface area is 214 Å². The van der Waals surface area contributed by atoms with E-state index in [0.29, 0.717) is 31.4 Å². The van der Waals surface area contributed by atoms with Crippen LogP contribution in [0.2, 0.25) is 5.02 Å². The van der Waals surface area contributed by atoms with Crippen molar-refractivity contribution in [2.45, 2.75) is 6.54 Å². The van der Waals surface area contributed by atoms with Crippen molar-refractivity contribution in [3.05, 3.63) is 98.3 Å². The molecule has 3 aromatic rings. The summed E-state index contributed by atoms with van der Waals surface area (Å²) in [5, 5.41) is 2.96. The van der Waals surface area contributed by atoms with Gasteiger partial charge in [-0.15, -0.1) is 0 Å². The first-order valence-corrected chi connectivity index (χ1v) is 12.1. The van der Waals surface area contributed by atoms with Crippen LogP contribution in [0, 0.1) is 0 Å². The maximum atomic E-state index is 12.8. The quantitative estimate of drug-likeness (QED) is 0.342. The second-order valence-electron chi connectivity index (χ2n) is 7.29. The zero-order valence-electron chi connectivity index (χ0n) is 17.7. The van der Waals surface area contributed by atoms with E-state index >= 15 is 0 Å². The number of rotatable bonds is 7. The highest BCUT2D eigenvalue weighted by Crippen LogP contribution is 2.35. The number of amides is 3. The summed E-state index contributed by atoms with van der Waals surface area (Å²) in [5.41, 5.74) is 2.17. The van der Waals surface area contributed by atoms with Gasteiger partial charge in [0.1, 0.15) is 5.75 Å². The van der Waals surface area contributed by atoms with Crippen LogP contribution >= 0.6 is 39.3 Å². The zero-order chi connectivity index (χ0) is 24.1. The molecule has 1 aliphatic rings. The van der Waals surface area contributed by atoms with Crippen molar-refractivity contribution in [2.75, 3.05) is 11.9 Å². The van der Waals surface area contributed by atoms with Crippen LogP contribution in [-0.4, -0.2) is 28.6 Å². The summed E-state index contributed by atoms with van der Waals surface area (Å²) >= 11 is 10.3. The second kappa shape index (κ2) is 10.9. The molecule has 0 saturated carbocycles. The van der Waals surface area contributed by atoms with E-state index in [0.717, 1.165) is 17.3 Å². The average Bonchev–Trinajstić information content (AvgIpc) is 3.06. The Hall–Kier alpha value is -3.07. The molecule has 0 aromatic heterocycles. The summed E-state index contributed by atoms with van der Waals surface area (Å²) < 4.78 is 6.22. The number of carbonyl (C=O) groups is 3. The zero-order valence-corrected chi connectivity index (χ0v) is 20.8. The van der Waals surface area contributed by atoms with Crippen LogP contribution in [0.1, 0.15) is 11.1 Å². The lowest BCUT2D eigenvalue weighted by Gasteiger charge is -2.12. The Bertz CT molecular complexity index is 1280. The number of benzene rings is 3. The minimum atomic E-state index is -0.357. The topological polar surface area (TPSA) is 75.7 Å². The minimum Gasteiger partial charge on any atom is -0.483 e. The third-order valence-corrected chi connectivity index (χ3v) is 6.54. The Morgan fingerprint density at radius 1 is 1.06 bits per heavy atom. The van der Waals surface area contributed by atoms with Crippen LogP contribution < -0.4 is 10.1 Å². The molecule has 0 spiro atoms. The molecule has 0 aliphatic carbocycles. The summed E-state index contributed by atoms with van der Waals surface area (Å²) in [6.45, 7) is -0.000678. The molecule has 1 aliphatic heterocycles. The summed E-state index contributed by atoms with van der Waals surface area (Å²) in [6, 6.07) is 21.4. The SMILES string of the molecule is O=C(COc1ccc(/C=C2\SC(=O)N(Cc3cccc(Cl)c3)C2=O)cc1Br)Nc1ccccc1. The van der Waals surface area contributed by atoms with E-state index in [9.17, 15) is 14.4 Å². The number of ether oxygens (including phenoxy) is 1. The number of halogens is 2. The molecule has 3 aromatic carbocycles. The lowest BCUT2D eigenvalue weighted by molar-refractivity contribution is -0.123. The molecule has 4 rings (SSSR count). The van der Waals surface area contributed by atoms with E-state index in [1.165, 1.54) is 4.90 Å². The number of hydrogen-bond donors (Lipinski definition) is 1. The molecule has 1 fully saturated rings. The molecule has 6 nitrogen and oxygen atoms in total. The molecule has 34 heavy (non-hydrogen) atoms. The smallest absolute Gasteiger partial charge is 0.293 e. The maximum absolute atomic E-state index is 12.8. The van der Waals surface area contributed by atoms with Crippen molar-refractivity contribution < 1.29 is 19.1 Å². The molecule has 0 atom stereocenters. The fourth-order valence-electron chi connectivity index (χ4n) is 3.19. The van der Waals surface area contributed by atoms with Crippen molar-refractivity contribution in [1.29, 1.82) is 0 Å². The largest absolute Gasteiger partial charge is 0.483 e.